The summed E-state index contributed by atoms with van der Waals surface area (Å²) in [5, 5.41) is 3.27. The van der Waals surface area contributed by atoms with Crippen molar-refractivity contribution in [1.29, 1.82) is 0 Å². The van der Waals surface area contributed by atoms with Crippen LogP contribution < -0.4 is 5.32 Å². The van der Waals surface area contributed by atoms with E-state index in [2.05, 4.69) is 42.6 Å². The molecule has 1 rings (SSSR count). The third-order valence-corrected chi connectivity index (χ3v) is 2.88. The zero-order chi connectivity index (χ0) is 12.3. The number of nitrogens with one attached hydrogen (secondary N) is 1. The SMILES string of the molecule is CCCOCCC(CNC)Cc1ccccc1. The van der Waals surface area contributed by atoms with Crippen LogP contribution in [0.1, 0.15) is 25.3 Å². The largest absolute Gasteiger partial charge is 0.381 e. The fraction of sp³-hybridized carbons (Fsp3) is 0.600. The quantitative estimate of drug-likeness (QED) is 0.665. The second-order valence-electron chi connectivity index (χ2n) is 4.51. The van der Waals surface area contributed by atoms with E-state index in [1.165, 1.54) is 5.56 Å². The van der Waals surface area contributed by atoms with E-state index in [9.17, 15) is 0 Å². The van der Waals surface area contributed by atoms with Crippen LogP contribution in [-0.4, -0.2) is 26.8 Å². The molecule has 0 saturated heterocycles. The van der Waals surface area contributed by atoms with E-state index in [1.807, 2.05) is 7.05 Å². The normalized spacial score (nSPS) is 12.6. The minimum atomic E-state index is 0.666. The Morgan fingerprint density at radius 1 is 1.18 bits per heavy atom. The molecule has 0 aliphatic heterocycles. The fourth-order valence-electron chi connectivity index (χ4n) is 2.01. The second-order valence-corrected chi connectivity index (χ2v) is 4.51. The van der Waals surface area contributed by atoms with Crippen molar-refractivity contribution >= 4 is 0 Å². The summed E-state index contributed by atoms with van der Waals surface area (Å²) in [6, 6.07) is 10.7. The van der Waals surface area contributed by atoms with E-state index in [0.717, 1.165) is 39.0 Å². The number of ether oxygens (including phenoxy) is 1. The van der Waals surface area contributed by atoms with Crippen LogP contribution in [0.25, 0.3) is 0 Å². The Balaban J connectivity index is 2.32. The fourth-order valence-corrected chi connectivity index (χ4v) is 2.01. The average Bonchev–Trinajstić information content (AvgIpc) is 2.36. The van der Waals surface area contributed by atoms with Crippen LogP contribution in [0.4, 0.5) is 0 Å². The van der Waals surface area contributed by atoms with Gasteiger partial charge in [0, 0.05) is 13.2 Å². The maximum absolute atomic E-state index is 5.57. The molecule has 0 bridgehead atoms. The molecule has 96 valence electrons. The summed E-state index contributed by atoms with van der Waals surface area (Å²) in [6.45, 7) is 4.98. The minimum absolute atomic E-state index is 0.666. The Labute approximate surface area is 105 Å². The van der Waals surface area contributed by atoms with Gasteiger partial charge in [0.05, 0.1) is 0 Å². The molecule has 0 amide bonds. The molecule has 1 aromatic rings. The van der Waals surface area contributed by atoms with Gasteiger partial charge in [-0.25, -0.2) is 0 Å². The molecule has 1 N–H and O–H groups in total. The Morgan fingerprint density at radius 3 is 2.59 bits per heavy atom. The molecule has 0 radical (unpaired) electrons. The van der Waals surface area contributed by atoms with Gasteiger partial charge < -0.3 is 10.1 Å². The first-order chi connectivity index (χ1) is 8.36. The lowest BCUT2D eigenvalue weighted by Crippen LogP contribution is -2.22. The van der Waals surface area contributed by atoms with E-state index in [4.69, 9.17) is 4.74 Å². The second kappa shape index (κ2) is 9.20. The van der Waals surface area contributed by atoms with Crippen molar-refractivity contribution < 1.29 is 4.74 Å². The van der Waals surface area contributed by atoms with Crippen LogP contribution in [-0.2, 0) is 11.2 Å². The molecule has 1 unspecified atom stereocenters. The van der Waals surface area contributed by atoms with Gasteiger partial charge in [-0.2, -0.15) is 0 Å². The molecule has 2 heteroatoms. The van der Waals surface area contributed by atoms with Crippen molar-refractivity contribution in [2.24, 2.45) is 5.92 Å². The Kier molecular flexibility index (Phi) is 7.69. The van der Waals surface area contributed by atoms with E-state index in [0.29, 0.717) is 5.92 Å². The van der Waals surface area contributed by atoms with Crippen molar-refractivity contribution in [2.75, 3.05) is 26.8 Å². The zero-order valence-electron chi connectivity index (χ0n) is 11.1. The topological polar surface area (TPSA) is 21.3 Å². The van der Waals surface area contributed by atoms with Crippen molar-refractivity contribution in [3.8, 4) is 0 Å². The van der Waals surface area contributed by atoms with Crippen LogP contribution in [0.2, 0.25) is 0 Å². The molecule has 0 saturated carbocycles. The Bertz CT molecular complexity index is 274. The highest BCUT2D eigenvalue weighted by atomic mass is 16.5. The van der Waals surface area contributed by atoms with Crippen molar-refractivity contribution in [1.82, 2.24) is 5.32 Å². The summed E-state index contributed by atoms with van der Waals surface area (Å²) in [6.07, 6.45) is 3.38. The van der Waals surface area contributed by atoms with Gasteiger partial charge in [0.2, 0.25) is 0 Å². The van der Waals surface area contributed by atoms with Crippen molar-refractivity contribution in [2.45, 2.75) is 26.2 Å². The summed E-state index contributed by atoms with van der Waals surface area (Å²) in [4.78, 5) is 0. The first-order valence-corrected chi connectivity index (χ1v) is 6.63. The lowest BCUT2D eigenvalue weighted by atomic mass is 9.96. The minimum Gasteiger partial charge on any atom is -0.381 e. The lowest BCUT2D eigenvalue weighted by Gasteiger charge is -2.16. The number of rotatable bonds is 9. The molecule has 0 spiro atoms. The highest BCUT2D eigenvalue weighted by Crippen LogP contribution is 2.11. The first-order valence-electron chi connectivity index (χ1n) is 6.63. The van der Waals surface area contributed by atoms with Gasteiger partial charge in [-0.1, -0.05) is 37.3 Å². The third-order valence-electron chi connectivity index (χ3n) is 2.88. The van der Waals surface area contributed by atoms with Gasteiger partial charge >= 0.3 is 0 Å². The molecule has 0 heterocycles. The molecule has 0 aromatic heterocycles. The molecular formula is C15H25NO. The lowest BCUT2D eigenvalue weighted by molar-refractivity contribution is 0.120. The maximum atomic E-state index is 5.57. The van der Waals surface area contributed by atoms with E-state index >= 15 is 0 Å². The van der Waals surface area contributed by atoms with Crippen LogP contribution in [0.5, 0.6) is 0 Å². The van der Waals surface area contributed by atoms with Gasteiger partial charge in [-0.05, 0) is 44.3 Å². The molecular weight excluding hydrogens is 210 g/mol. The number of hydrogen-bond acceptors (Lipinski definition) is 2. The summed E-state index contributed by atoms with van der Waals surface area (Å²) < 4.78 is 5.57. The molecule has 1 aromatic carbocycles. The Morgan fingerprint density at radius 2 is 1.94 bits per heavy atom. The highest BCUT2D eigenvalue weighted by molar-refractivity contribution is 5.15. The number of benzene rings is 1. The van der Waals surface area contributed by atoms with E-state index in [-0.39, 0.29) is 0 Å². The van der Waals surface area contributed by atoms with Crippen LogP contribution >= 0.6 is 0 Å². The van der Waals surface area contributed by atoms with Crippen molar-refractivity contribution in [3.05, 3.63) is 35.9 Å². The molecule has 0 aliphatic rings. The predicted octanol–water partition coefficient (Wildman–Crippen LogP) is 2.88. The van der Waals surface area contributed by atoms with Gasteiger partial charge in [-0.3, -0.25) is 0 Å². The predicted molar refractivity (Wildman–Crippen MR) is 73.3 cm³/mol. The first kappa shape index (κ1) is 14.2. The van der Waals surface area contributed by atoms with Gasteiger partial charge in [0.1, 0.15) is 0 Å². The smallest absolute Gasteiger partial charge is 0.0469 e. The zero-order valence-corrected chi connectivity index (χ0v) is 11.1. The number of hydrogen-bond donors (Lipinski definition) is 1. The molecule has 2 nitrogen and oxygen atoms in total. The standard InChI is InChI=1S/C15H25NO/c1-3-10-17-11-9-15(13-16-2)12-14-7-5-4-6-8-14/h4-8,15-16H,3,9-13H2,1-2H3. The summed E-state index contributed by atoms with van der Waals surface area (Å²) in [7, 11) is 2.02. The van der Waals surface area contributed by atoms with Crippen LogP contribution in [0, 0.1) is 5.92 Å². The van der Waals surface area contributed by atoms with E-state index < -0.39 is 0 Å². The van der Waals surface area contributed by atoms with Gasteiger partial charge in [0.15, 0.2) is 0 Å². The van der Waals surface area contributed by atoms with Crippen LogP contribution in [0.3, 0.4) is 0 Å². The monoisotopic (exact) mass is 235 g/mol. The van der Waals surface area contributed by atoms with Gasteiger partial charge in [-0.15, -0.1) is 0 Å². The molecule has 0 fully saturated rings. The Hall–Kier alpha value is -0.860. The average molecular weight is 235 g/mol. The summed E-state index contributed by atoms with van der Waals surface area (Å²) in [5.74, 6) is 0.666. The maximum Gasteiger partial charge on any atom is 0.0469 e. The molecule has 17 heavy (non-hydrogen) atoms. The van der Waals surface area contributed by atoms with E-state index in [1.54, 1.807) is 0 Å². The van der Waals surface area contributed by atoms with Crippen molar-refractivity contribution in [3.63, 3.8) is 0 Å². The highest BCUT2D eigenvalue weighted by Gasteiger charge is 2.08. The molecule has 0 aliphatic carbocycles. The summed E-state index contributed by atoms with van der Waals surface area (Å²) in [5.41, 5.74) is 1.42. The third kappa shape index (κ3) is 6.44. The summed E-state index contributed by atoms with van der Waals surface area (Å²) >= 11 is 0. The van der Waals surface area contributed by atoms with Gasteiger partial charge in [0.25, 0.3) is 0 Å². The molecule has 1 atom stereocenters. The van der Waals surface area contributed by atoms with Crippen LogP contribution in [0.15, 0.2) is 30.3 Å².